The first-order valence-corrected chi connectivity index (χ1v) is 8.61. The van der Waals surface area contributed by atoms with Gasteiger partial charge in [-0.1, -0.05) is 54.6 Å². The van der Waals surface area contributed by atoms with Crippen LogP contribution in [0.1, 0.15) is 33.1 Å². The Kier molecular flexibility index (Phi) is 4.09. The van der Waals surface area contributed by atoms with Gasteiger partial charge in [0.05, 0.1) is 11.6 Å². The van der Waals surface area contributed by atoms with Crippen LogP contribution in [0.5, 0.6) is 11.5 Å². The molecule has 0 radical (unpaired) electrons. The van der Waals surface area contributed by atoms with E-state index in [9.17, 15) is 15.0 Å². The van der Waals surface area contributed by atoms with Crippen molar-refractivity contribution in [2.75, 3.05) is 6.54 Å². The zero-order chi connectivity index (χ0) is 18.1. The van der Waals surface area contributed by atoms with E-state index in [-0.39, 0.29) is 29.0 Å². The van der Waals surface area contributed by atoms with Crippen LogP contribution in [-0.4, -0.2) is 27.6 Å². The molecule has 4 nitrogen and oxygen atoms in total. The van der Waals surface area contributed by atoms with Crippen molar-refractivity contribution >= 4 is 5.91 Å². The first kappa shape index (κ1) is 16.2. The van der Waals surface area contributed by atoms with Crippen LogP contribution in [0, 0.1) is 0 Å². The summed E-state index contributed by atoms with van der Waals surface area (Å²) in [5.74, 6) is -0.519. The summed E-state index contributed by atoms with van der Waals surface area (Å²) in [6, 6.07) is 22.0. The number of fused-ring (bicyclic) bond motifs is 1. The van der Waals surface area contributed by atoms with E-state index in [0.717, 1.165) is 17.5 Å². The molecule has 0 fully saturated rings. The molecular formula is C22H19NO3. The van der Waals surface area contributed by atoms with E-state index >= 15 is 0 Å². The van der Waals surface area contributed by atoms with Gasteiger partial charge in [-0.05, 0) is 35.2 Å². The molecule has 2 N–H and O–H groups in total. The van der Waals surface area contributed by atoms with Crippen molar-refractivity contribution in [3.05, 3.63) is 95.1 Å². The average Bonchev–Trinajstić information content (AvgIpc) is 2.67. The maximum absolute atomic E-state index is 13.2. The van der Waals surface area contributed by atoms with Gasteiger partial charge < -0.3 is 15.1 Å². The zero-order valence-electron chi connectivity index (χ0n) is 14.2. The molecular weight excluding hydrogens is 326 g/mol. The summed E-state index contributed by atoms with van der Waals surface area (Å²) >= 11 is 0. The quantitative estimate of drug-likeness (QED) is 0.741. The van der Waals surface area contributed by atoms with Crippen LogP contribution in [0.3, 0.4) is 0 Å². The highest BCUT2D eigenvalue weighted by Crippen LogP contribution is 2.37. The fourth-order valence-corrected chi connectivity index (χ4v) is 3.64. The third kappa shape index (κ3) is 2.80. The maximum atomic E-state index is 13.2. The Morgan fingerprint density at radius 3 is 2.42 bits per heavy atom. The molecule has 3 aromatic carbocycles. The molecule has 3 aromatic rings. The molecule has 1 aliphatic rings. The summed E-state index contributed by atoms with van der Waals surface area (Å²) in [5.41, 5.74) is 3.58. The van der Waals surface area contributed by atoms with Crippen LogP contribution in [0.15, 0.2) is 72.8 Å². The van der Waals surface area contributed by atoms with Crippen LogP contribution >= 0.6 is 0 Å². The van der Waals surface area contributed by atoms with Gasteiger partial charge in [0.25, 0.3) is 5.91 Å². The van der Waals surface area contributed by atoms with Crippen molar-refractivity contribution < 1.29 is 15.0 Å². The summed E-state index contributed by atoms with van der Waals surface area (Å²) in [7, 11) is 0. The predicted molar refractivity (Wildman–Crippen MR) is 99.2 cm³/mol. The normalized spacial score (nSPS) is 16.2. The minimum atomic E-state index is -0.245. The standard InChI is InChI=1S/C22H19NO3/c24-17-10-11-19(20(25)14-17)22(26)23-13-12-15-6-4-5-9-18(15)21(23)16-7-2-1-3-8-16/h1-11,14,21,24-25H,12-13H2. The molecule has 0 saturated heterocycles. The molecule has 4 heteroatoms. The van der Waals surface area contributed by atoms with E-state index in [1.54, 1.807) is 4.90 Å². The molecule has 1 atom stereocenters. The molecule has 26 heavy (non-hydrogen) atoms. The van der Waals surface area contributed by atoms with Gasteiger partial charge in [-0.25, -0.2) is 0 Å². The third-order valence-corrected chi connectivity index (χ3v) is 4.87. The fraction of sp³-hybridized carbons (Fsp3) is 0.136. The number of aromatic hydroxyl groups is 2. The van der Waals surface area contributed by atoms with E-state index in [1.807, 2.05) is 42.5 Å². The third-order valence-electron chi connectivity index (χ3n) is 4.87. The minimum Gasteiger partial charge on any atom is -0.508 e. The molecule has 4 rings (SSSR count). The van der Waals surface area contributed by atoms with Crippen molar-refractivity contribution in [1.29, 1.82) is 0 Å². The van der Waals surface area contributed by atoms with E-state index in [1.165, 1.54) is 23.8 Å². The lowest BCUT2D eigenvalue weighted by Gasteiger charge is -2.38. The maximum Gasteiger partial charge on any atom is 0.258 e. The topological polar surface area (TPSA) is 60.8 Å². The van der Waals surface area contributed by atoms with Crippen LogP contribution in [0.4, 0.5) is 0 Å². The number of nitrogens with zero attached hydrogens (tertiary/aromatic N) is 1. The van der Waals surface area contributed by atoms with Crippen molar-refractivity contribution in [3.8, 4) is 11.5 Å². The Hall–Kier alpha value is -3.27. The van der Waals surface area contributed by atoms with Gasteiger partial charge in [-0.15, -0.1) is 0 Å². The van der Waals surface area contributed by atoms with Gasteiger partial charge in [0.15, 0.2) is 0 Å². The van der Waals surface area contributed by atoms with Crippen molar-refractivity contribution in [2.24, 2.45) is 0 Å². The Balaban J connectivity index is 1.81. The summed E-state index contributed by atoms with van der Waals surface area (Å²) < 4.78 is 0. The van der Waals surface area contributed by atoms with E-state index in [2.05, 4.69) is 12.1 Å². The molecule has 1 aliphatic heterocycles. The number of carbonyl (C=O) groups excluding carboxylic acids is 1. The number of phenolic OH excluding ortho intramolecular Hbond substituents is 2. The van der Waals surface area contributed by atoms with Crippen LogP contribution in [-0.2, 0) is 6.42 Å². The summed E-state index contributed by atoms with van der Waals surface area (Å²) in [5, 5.41) is 19.6. The molecule has 1 heterocycles. The predicted octanol–water partition coefficient (Wildman–Crippen LogP) is 3.89. The molecule has 0 saturated carbocycles. The van der Waals surface area contributed by atoms with Crippen molar-refractivity contribution in [1.82, 2.24) is 4.90 Å². The highest BCUT2D eigenvalue weighted by atomic mass is 16.3. The van der Waals surface area contributed by atoms with Gasteiger partial charge >= 0.3 is 0 Å². The summed E-state index contributed by atoms with van der Waals surface area (Å²) in [4.78, 5) is 15.0. The van der Waals surface area contributed by atoms with Gasteiger partial charge in [-0.3, -0.25) is 4.79 Å². The highest BCUT2D eigenvalue weighted by Gasteiger charge is 2.33. The van der Waals surface area contributed by atoms with E-state index in [0.29, 0.717) is 6.54 Å². The monoisotopic (exact) mass is 345 g/mol. The number of carbonyl (C=O) groups is 1. The fourth-order valence-electron chi connectivity index (χ4n) is 3.64. The molecule has 1 unspecified atom stereocenters. The molecule has 1 amide bonds. The second-order valence-corrected chi connectivity index (χ2v) is 6.46. The largest absolute Gasteiger partial charge is 0.508 e. The molecule has 130 valence electrons. The number of hydrogen-bond acceptors (Lipinski definition) is 3. The highest BCUT2D eigenvalue weighted by molar-refractivity contribution is 5.97. The lowest BCUT2D eigenvalue weighted by molar-refractivity contribution is 0.0691. The molecule has 0 bridgehead atoms. The van der Waals surface area contributed by atoms with E-state index < -0.39 is 0 Å². The van der Waals surface area contributed by atoms with Gasteiger partial charge in [-0.2, -0.15) is 0 Å². The van der Waals surface area contributed by atoms with Crippen LogP contribution < -0.4 is 0 Å². The number of rotatable bonds is 2. The number of benzene rings is 3. The van der Waals surface area contributed by atoms with Crippen LogP contribution in [0.2, 0.25) is 0 Å². The second kappa shape index (κ2) is 6.56. The second-order valence-electron chi connectivity index (χ2n) is 6.46. The Labute approximate surface area is 152 Å². The van der Waals surface area contributed by atoms with Gasteiger partial charge in [0.1, 0.15) is 11.5 Å². The first-order valence-electron chi connectivity index (χ1n) is 8.61. The SMILES string of the molecule is O=C(c1ccc(O)cc1O)N1CCc2ccccc2C1c1ccccc1. The number of hydrogen-bond donors (Lipinski definition) is 2. The lowest BCUT2D eigenvalue weighted by Crippen LogP contribution is -2.40. The first-order chi connectivity index (χ1) is 12.6. The Bertz CT molecular complexity index is 953. The van der Waals surface area contributed by atoms with Crippen LogP contribution in [0.25, 0.3) is 0 Å². The van der Waals surface area contributed by atoms with Gasteiger partial charge in [0.2, 0.25) is 0 Å². The number of phenols is 2. The van der Waals surface area contributed by atoms with Crippen molar-refractivity contribution in [3.63, 3.8) is 0 Å². The lowest BCUT2D eigenvalue weighted by atomic mass is 9.87. The van der Waals surface area contributed by atoms with Gasteiger partial charge in [0, 0.05) is 12.6 Å². The van der Waals surface area contributed by atoms with E-state index in [4.69, 9.17) is 0 Å². The number of amides is 1. The molecule has 0 aliphatic carbocycles. The Morgan fingerprint density at radius 1 is 0.923 bits per heavy atom. The summed E-state index contributed by atoms with van der Waals surface area (Å²) in [6.07, 6.45) is 0.768. The average molecular weight is 345 g/mol. The molecule has 0 spiro atoms. The Morgan fingerprint density at radius 2 is 1.65 bits per heavy atom. The zero-order valence-corrected chi connectivity index (χ0v) is 14.2. The summed E-state index contributed by atoms with van der Waals surface area (Å²) in [6.45, 7) is 0.565. The van der Waals surface area contributed by atoms with Crippen molar-refractivity contribution in [2.45, 2.75) is 12.5 Å². The molecule has 0 aromatic heterocycles. The minimum absolute atomic E-state index is 0.0670. The smallest absolute Gasteiger partial charge is 0.258 e.